The van der Waals surface area contributed by atoms with Crippen molar-refractivity contribution in [2.45, 2.75) is 52.2 Å². The molecular weight excluding hydrogens is 288 g/mol. The standard InChI is InChI=1S/C16H27ClO2Si/c1-13-8-9-15(14(17)12-13)18-10-7-11-19-20(5,6)16(2,3)4/h8-9,12H,7,10-11H2,1-6H3. The third-order valence-corrected chi connectivity index (χ3v) is 8.74. The highest BCUT2D eigenvalue weighted by Gasteiger charge is 2.36. The van der Waals surface area contributed by atoms with Crippen molar-refractivity contribution in [3.8, 4) is 5.75 Å². The van der Waals surface area contributed by atoms with Crippen LogP contribution in [0.15, 0.2) is 18.2 Å². The van der Waals surface area contributed by atoms with Crippen LogP contribution in [0, 0.1) is 6.92 Å². The highest BCUT2D eigenvalue weighted by atomic mass is 35.5. The molecule has 0 unspecified atom stereocenters. The minimum atomic E-state index is -1.63. The molecular formula is C16H27ClO2Si. The topological polar surface area (TPSA) is 18.5 Å². The van der Waals surface area contributed by atoms with Crippen molar-refractivity contribution in [3.63, 3.8) is 0 Å². The fourth-order valence-corrected chi connectivity index (χ4v) is 2.89. The van der Waals surface area contributed by atoms with Crippen LogP contribution >= 0.6 is 11.6 Å². The maximum absolute atomic E-state index is 6.13. The van der Waals surface area contributed by atoms with E-state index in [9.17, 15) is 0 Å². The summed E-state index contributed by atoms with van der Waals surface area (Å²) in [6.45, 7) is 14.7. The third-order valence-electron chi connectivity index (χ3n) is 3.90. The molecule has 2 nitrogen and oxygen atoms in total. The number of hydrogen-bond acceptors (Lipinski definition) is 2. The Hall–Kier alpha value is -0.513. The fourth-order valence-electron chi connectivity index (χ4n) is 1.51. The molecule has 1 aromatic carbocycles. The zero-order valence-corrected chi connectivity index (χ0v) is 15.3. The minimum Gasteiger partial charge on any atom is -0.492 e. The largest absolute Gasteiger partial charge is 0.492 e. The Morgan fingerprint density at radius 2 is 1.80 bits per heavy atom. The van der Waals surface area contributed by atoms with Crippen molar-refractivity contribution in [3.05, 3.63) is 28.8 Å². The molecule has 0 saturated heterocycles. The second kappa shape index (κ2) is 6.97. The fraction of sp³-hybridized carbons (Fsp3) is 0.625. The van der Waals surface area contributed by atoms with E-state index < -0.39 is 8.32 Å². The molecule has 4 heteroatoms. The van der Waals surface area contributed by atoms with Gasteiger partial charge in [-0.05, 0) is 42.8 Å². The first kappa shape index (κ1) is 17.5. The number of hydrogen-bond donors (Lipinski definition) is 0. The van der Waals surface area contributed by atoms with Gasteiger partial charge in [-0.25, -0.2) is 0 Å². The van der Waals surface area contributed by atoms with Crippen LogP contribution in [0.1, 0.15) is 32.8 Å². The van der Waals surface area contributed by atoms with Gasteiger partial charge in [0.25, 0.3) is 0 Å². The van der Waals surface area contributed by atoms with E-state index in [2.05, 4.69) is 33.9 Å². The molecule has 0 spiro atoms. The summed E-state index contributed by atoms with van der Waals surface area (Å²) in [4.78, 5) is 0. The zero-order valence-electron chi connectivity index (χ0n) is 13.5. The van der Waals surface area contributed by atoms with Gasteiger partial charge in [-0.2, -0.15) is 0 Å². The van der Waals surface area contributed by atoms with Gasteiger partial charge >= 0.3 is 0 Å². The van der Waals surface area contributed by atoms with E-state index in [0.717, 1.165) is 24.3 Å². The number of benzene rings is 1. The first-order valence-corrected chi connectivity index (χ1v) is 10.4. The first-order chi connectivity index (χ1) is 9.13. The Balaban J connectivity index is 2.32. The van der Waals surface area contributed by atoms with Crippen molar-refractivity contribution >= 4 is 19.9 Å². The number of rotatable bonds is 6. The van der Waals surface area contributed by atoms with Crippen LogP contribution in [0.2, 0.25) is 23.2 Å². The molecule has 0 bridgehead atoms. The highest BCUT2D eigenvalue weighted by molar-refractivity contribution is 6.74. The lowest BCUT2D eigenvalue weighted by atomic mass is 10.2. The van der Waals surface area contributed by atoms with Crippen LogP contribution in [0.4, 0.5) is 0 Å². The van der Waals surface area contributed by atoms with Gasteiger partial charge in [0.15, 0.2) is 8.32 Å². The van der Waals surface area contributed by atoms with Crippen LogP contribution in [0.25, 0.3) is 0 Å². The average Bonchev–Trinajstić information content (AvgIpc) is 2.29. The van der Waals surface area contributed by atoms with Crippen LogP contribution < -0.4 is 4.74 Å². The number of aryl methyl sites for hydroxylation is 1. The van der Waals surface area contributed by atoms with Crippen molar-refractivity contribution in [2.24, 2.45) is 0 Å². The predicted molar refractivity (Wildman–Crippen MR) is 89.5 cm³/mol. The maximum Gasteiger partial charge on any atom is 0.191 e. The monoisotopic (exact) mass is 314 g/mol. The van der Waals surface area contributed by atoms with Crippen LogP contribution in [-0.4, -0.2) is 21.5 Å². The van der Waals surface area contributed by atoms with Crippen molar-refractivity contribution in [2.75, 3.05) is 13.2 Å². The van der Waals surface area contributed by atoms with Gasteiger partial charge in [-0.1, -0.05) is 38.4 Å². The van der Waals surface area contributed by atoms with Gasteiger partial charge in [-0.3, -0.25) is 0 Å². The molecule has 0 atom stereocenters. The minimum absolute atomic E-state index is 0.258. The van der Waals surface area contributed by atoms with Gasteiger partial charge in [0.2, 0.25) is 0 Å². The smallest absolute Gasteiger partial charge is 0.191 e. The van der Waals surface area contributed by atoms with E-state index in [4.69, 9.17) is 20.8 Å². The van der Waals surface area contributed by atoms with Gasteiger partial charge in [0.1, 0.15) is 5.75 Å². The number of ether oxygens (including phenoxy) is 1. The molecule has 0 aromatic heterocycles. The molecule has 1 aromatic rings. The van der Waals surface area contributed by atoms with E-state index in [-0.39, 0.29) is 5.04 Å². The normalized spacial score (nSPS) is 12.6. The Morgan fingerprint density at radius 3 is 2.35 bits per heavy atom. The van der Waals surface area contributed by atoms with Gasteiger partial charge in [0, 0.05) is 13.0 Å². The van der Waals surface area contributed by atoms with Gasteiger partial charge < -0.3 is 9.16 Å². The second-order valence-corrected chi connectivity index (χ2v) is 12.0. The van der Waals surface area contributed by atoms with Crippen molar-refractivity contribution in [1.29, 1.82) is 0 Å². The summed E-state index contributed by atoms with van der Waals surface area (Å²) in [5.41, 5.74) is 1.14. The summed E-state index contributed by atoms with van der Waals surface area (Å²) in [6.07, 6.45) is 0.886. The average molecular weight is 315 g/mol. The SMILES string of the molecule is Cc1ccc(OCCCO[Si](C)(C)C(C)(C)C)c(Cl)c1. The predicted octanol–water partition coefficient (Wildman–Crippen LogP) is 5.44. The van der Waals surface area contributed by atoms with Crippen LogP contribution in [-0.2, 0) is 4.43 Å². The highest BCUT2D eigenvalue weighted by Crippen LogP contribution is 2.36. The third kappa shape index (κ3) is 5.11. The summed E-state index contributed by atoms with van der Waals surface area (Å²) in [5, 5.41) is 0.934. The summed E-state index contributed by atoms with van der Waals surface area (Å²) in [7, 11) is -1.63. The lowest BCUT2D eigenvalue weighted by Crippen LogP contribution is -2.41. The summed E-state index contributed by atoms with van der Waals surface area (Å²) in [6, 6.07) is 5.85. The zero-order chi connectivity index (χ0) is 15.4. The summed E-state index contributed by atoms with van der Waals surface area (Å²) in [5.74, 6) is 0.754. The van der Waals surface area contributed by atoms with Gasteiger partial charge in [0.05, 0.1) is 11.6 Å². The molecule has 0 aliphatic rings. The Morgan fingerprint density at radius 1 is 1.15 bits per heavy atom. The molecule has 0 aliphatic heterocycles. The maximum atomic E-state index is 6.13. The van der Waals surface area contributed by atoms with Crippen LogP contribution in [0.3, 0.4) is 0 Å². The summed E-state index contributed by atoms with van der Waals surface area (Å²) < 4.78 is 11.8. The lowest BCUT2D eigenvalue weighted by molar-refractivity contribution is 0.234. The molecule has 1 rings (SSSR count). The molecule has 114 valence electrons. The van der Waals surface area contributed by atoms with Gasteiger partial charge in [-0.15, -0.1) is 0 Å². The van der Waals surface area contributed by atoms with E-state index in [0.29, 0.717) is 11.6 Å². The van der Waals surface area contributed by atoms with Crippen molar-refractivity contribution in [1.82, 2.24) is 0 Å². The quantitative estimate of drug-likeness (QED) is 0.514. The van der Waals surface area contributed by atoms with E-state index in [1.54, 1.807) is 0 Å². The lowest BCUT2D eigenvalue weighted by Gasteiger charge is -2.36. The molecule has 0 saturated carbocycles. The first-order valence-electron chi connectivity index (χ1n) is 7.16. The second-order valence-electron chi connectivity index (χ2n) is 6.74. The molecule has 0 heterocycles. The Kier molecular flexibility index (Phi) is 6.11. The molecule has 0 fully saturated rings. The Labute approximate surface area is 129 Å². The number of halogens is 1. The molecule has 0 N–H and O–H groups in total. The molecule has 0 aliphatic carbocycles. The van der Waals surface area contributed by atoms with Crippen molar-refractivity contribution < 1.29 is 9.16 Å². The van der Waals surface area contributed by atoms with E-state index >= 15 is 0 Å². The molecule has 0 radical (unpaired) electrons. The Bertz CT molecular complexity index is 439. The van der Waals surface area contributed by atoms with Crippen LogP contribution in [0.5, 0.6) is 5.75 Å². The molecule has 0 amide bonds. The van der Waals surface area contributed by atoms with E-state index in [1.807, 2.05) is 25.1 Å². The van der Waals surface area contributed by atoms with E-state index in [1.165, 1.54) is 0 Å². The molecule has 20 heavy (non-hydrogen) atoms. The summed E-state index contributed by atoms with van der Waals surface area (Å²) >= 11 is 6.13.